The SMILES string of the molecule is CN(C(=O)CN(C#N)c1cccc(Cl)c1)C1CCCCC1. The van der Waals surface area contributed by atoms with Gasteiger partial charge in [-0.2, -0.15) is 5.26 Å². The van der Waals surface area contributed by atoms with E-state index in [-0.39, 0.29) is 12.5 Å². The summed E-state index contributed by atoms with van der Waals surface area (Å²) in [6, 6.07) is 7.31. The van der Waals surface area contributed by atoms with Gasteiger partial charge in [0.25, 0.3) is 0 Å². The van der Waals surface area contributed by atoms with Gasteiger partial charge in [0.05, 0.1) is 5.69 Å². The van der Waals surface area contributed by atoms with Crippen LogP contribution in [0.3, 0.4) is 0 Å². The molecule has 0 atom stereocenters. The Balaban J connectivity index is 2.01. The van der Waals surface area contributed by atoms with E-state index in [1.165, 1.54) is 24.2 Å². The number of benzene rings is 1. The Bertz CT molecular complexity index is 535. The third-order valence-electron chi connectivity index (χ3n) is 4.05. The second-order valence-corrected chi connectivity index (χ2v) is 5.90. The molecule has 5 heteroatoms. The molecule has 1 aromatic rings. The zero-order valence-corrected chi connectivity index (χ0v) is 13.0. The van der Waals surface area contributed by atoms with E-state index in [1.54, 1.807) is 29.2 Å². The Hall–Kier alpha value is -1.73. The van der Waals surface area contributed by atoms with Gasteiger partial charge < -0.3 is 4.90 Å². The van der Waals surface area contributed by atoms with Crippen molar-refractivity contribution < 1.29 is 4.79 Å². The lowest BCUT2D eigenvalue weighted by Gasteiger charge is -2.32. The second-order valence-electron chi connectivity index (χ2n) is 5.46. The predicted molar refractivity (Wildman–Crippen MR) is 84.1 cm³/mol. The topological polar surface area (TPSA) is 47.3 Å². The Morgan fingerprint density at radius 3 is 2.71 bits per heavy atom. The molecule has 0 aliphatic heterocycles. The number of rotatable bonds is 4. The average Bonchev–Trinajstić information content (AvgIpc) is 2.52. The highest BCUT2D eigenvalue weighted by Gasteiger charge is 2.23. The number of halogens is 1. The molecule has 1 amide bonds. The molecule has 0 radical (unpaired) electrons. The molecule has 1 saturated carbocycles. The van der Waals surface area contributed by atoms with Crippen molar-refractivity contribution in [2.75, 3.05) is 18.5 Å². The molecule has 0 unspecified atom stereocenters. The number of nitriles is 1. The van der Waals surface area contributed by atoms with Crippen LogP contribution in [0.15, 0.2) is 24.3 Å². The zero-order chi connectivity index (χ0) is 15.2. The first-order valence-corrected chi connectivity index (χ1v) is 7.68. The Morgan fingerprint density at radius 2 is 2.10 bits per heavy atom. The molecule has 112 valence electrons. The zero-order valence-electron chi connectivity index (χ0n) is 12.3. The first-order valence-electron chi connectivity index (χ1n) is 7.30. The average molecular weight is 306 g/mol. The lowest BCUT2D eigenvalue weighted by atomic mass is 9.94. The highest BCUT2D eigenvalue weighted by molar-refractivity contribution is 6.30. The smallest absolute Gasteiger partial charge is 0.243 e. The number of carbonyl (C=O) groups is 1. The van der Waals surface area contributed by atoms with Gasteiger partial charge in [-0.1, -0.05) is 36.9 Å². The van der Waals surface area contributed by atoms with Crippen LogP contribution in [0.4, 0.5) is 5.69 Å². The third-order valence-corrected chi connectivity index (χ3v) is 4.28. The first kappa shape index (κ1) is 15.7. The first-order chi connectivity index (χ1) is 10.1. The minimum Gasteiger partial charge on any atom is -0.341 e. The second kappa shape index (κ2) is 7.33. The lowest BCUT2D eigenvalue weighted by molar-refractivity contribution is -0.130. The summed E-state index contributed by atoms with van der Waals surface area (Å²) in [5.74, 6) is -0.0246. The van der Waals surface area contributed by atoms with Gasteiger partial charge in [-0.3, -0.25) is 9.69 Å². The maximum Gasteiger partial charge on any atom is 0.243 e. The van der Waals surface area contributed by atoms with Gasteiger partial charge in [0.15, 0.2) is 6.19 Å². The van der Waals surface area contributed by atoms with E-state index in [1.807, 2.05) is 7.05 Å². The number of carbonyl (C=O) groups excluding carboxylic acids is 1. The highest BCUT2D eigenvalue weighted by atomic mass is 35.5. The van der Waals surface area contributed by atoms with E-state index in [0.717, 1.165) is 12.8 Å². The predicted octanol–water partition coefficient (Wildman–Crippen LogP) is 3.42. The molecular formula is C16H20ClN3O. The minimum absolute atomic E-state index is 0.0246. The lowest BCUT2D eigenvalue weighted by Crippen LogP contribution is -2.43. The van der Waals surface area contributed by atoms with Gasteiger partial charge in [-0.25, -0.2) is 0 Å². The maximum atomic E-state index is 12.4. The molecule has 2 rings (SSSR count). The molecule has 0 aromatic heterocycles. The van der Waals surface area contributed by atoms with Crippen LogP contribution in [0, 0.1) is 11.5 Å². The van der Waals surface area contributed by atoms with Crippen LogP contribution in [-0.4, -0.2) is 30.4 Å². The van der Waals surface area contributed by atoms with Crippen molar-refractivity contribution >= 4 is 23.2 Å². The van der Waals surface area contributed by atoms with Crippen molar-refractivity contribution in [2.45, 2.75) is 38.1 Å². The Labute approximate surface area is 130 Å². The molecule has 0 N–H and O–H groups in total. The number of likely N-dealkylation sites (N-methyl/N-ethyl adjacent to an activating group) is 1. The number of hydrogen-bond acceptors (Lipinski definition) is 3. The van der Waals surface area contributed by atoms with E-state index >= 15 is 0 Å². The van der Waals surface area contributed by atoms with E-state index < -0.39 is 0 Å². The van der Waals surface area contributed by atoms with Crippen LogP contribution in [-0.2, 0) is 4.79 Å². The molecular weight excluding hydrogens is 286 g/mol. The normalized spacial score (nSPS) is 15.3. The van der Waals surface area contributed by atoms with Crippen LogP contribution in [0.1, 0.15) is 32.1 Å². The summed E-state index contributed by atoms with van der Waals surface area (Å²) in [6.07, 6.45) is 7.80. The number of anilines is 1. The van der Waals surface area contributed by atoms with Crippen molar-refractivity contribution in [1.29, 1.82) is 5.26 Å². The van der Waals surface area contributed by atoms with Gasteiger partial charge >= 0.3 is 0 Å². The fourth-order valence-corrected chi connectivity index (χ4v) is 2.93. The molecule has 0 bridgehead atoms. The molecule has 1 aliphatic rings. The van der Waals surface area contributed by atoms with E-state index in [4.69, 9.17) is 11.6 Å². The van der Waals surface area contributed by atoms with Crippen LogP contribution in [0.5, 0.6) is 0 Å². The molecule has 0 heterocycles. The third kappa shape index (κ3) is 4.12. The molecule has 21 heavy (non-hydrogen) atoms. The number of hydrogen-bond donors (Lipinski definition) is 0. The quantitative estimate of drug-likeness (QED) is 0.632. The maximum absolute atomic E-state index is 12.4. The van der Waals surface area contributed by atoms with Crippen molar-refractivity contribution in [3.63, 3.8) is 0 Å². The molecule has 0 spiro atoms. The fraction of sp³-hybridized carbons (Fsp3) is 0.500. The molecule has 1 aliphatic carbocycles. The van der Waals surface area contributed by atoms with E-state index in [2.05, 4.69) is 6.19 Å². The number of amides is 1. The summed E-state index contributed by atoms with van der Waals surface area (Å²) in [4.78, 5) is 15.6. The van der Waals surface area contributed by atoms with Crippen molar-refractivity contribution in [3.8, 4) is 6.19 Å². The Morgan fingerprint density at radius 1 is 1.38 bits per heavy atom. The monoisotopic (exact) mass is 305 g/mol. The van der Waals surface area contributed by atoms with Crippen molar-refractivity contribution in [1.82, 2.24) is 4.90 Å². The summed E-state index contributed by atoms with van der Waals surface area (Å²) in [5, 5.41) is 9.83. The standard InChI is InChI=1S/C16H20ClN3O/c1-19(14-7-3-2-4-8-14)16(21)11-20(12-18)15-9-5-6-13(17)10-15/h5-6,9-10,14H,2-4,7-8,11H2,1H3. The van der Waals surface area contributed by atoms with Crippen LogP contribution >= 0.6 is 11.6 Å². The fourth-order valence-electron chi connectivity index (χ4n) is 2.75. The van der Waals surface area contributed by atoms with Crippen LogP contribution in [0.25, 0.3) is 0 Å². The molecule has 4 nitrogen and oxygen atoms in total. The summed E-state index contributed by atoms with van der Waals surface area (Å²) in [6.45, 7) is 0.0594. The van der Waals surface area contributed by atoms with Gasteiger partial charge in [-0.15, -0.1) is 0 Å². The van der Waals surface area contributed by atoms with Crippen molar-refractivity contribution in [2.24, 2.45) is 0 Å². The van der Waals surface area contributed by atoms with E-state index in [0.29, 0.717) is 16.8 Å². The van der Waals surface area contributed by atoms with E-state index in [9.17, 15) is 10.1 Å². The van der Waals surface area contributed by atoms with Gasteiger partial charge in [0.2, 0.25) is 5.91 Å². The molecule has 1 fully saturated rings. The summed E-state index contributed by atoms with van der Waals surface area (Å²) < 4.78 is 0. The van der Waals surface area contributed by atoms with Crippen LogP contribution < -0.4 is 4.90 Å². The Kier molecular flexibility index (Phi) is 5.46. The summed E-state index contributed by atoms with van der Waals surface area (Å²) in [7, 11) is 1.84. The summed E-state index contributed by atoms with van der Waals surface area (Å²) >= 11 is 5.94. The number of nitrogens with zero attached hydrogens (tertiary/aromatic N) is 3. The van der Waals surface area contributed by atoms with Crippen LogP contribution in [0.2, 0.25) is 5.02 Å². The summed E-state index contributed by atoms with van der Waals surface area (Å²) in [5.41, 5.74) is 0.649. The highest BCUT2D eigenvalue weighted by Crippen LogP contribution is 2.23. The van der Waals surface area contributed by atoms with Gasteiger partial charge in [0, 0.05) is 18.1 Å². The largest absolute Gasteiger partial charge is 0.341 e. The molecule has 1 aromatic carbocycles. The minimum atomic E-state index is -0.0246. The molecule has 0 saturated heterocycles. The van der Waals surface area contributed by atoms with Gasteiger partial charge in [-0.05, 0) is 31.0 Å². The van der Waals surface area contributed by atoms with Crippen molar-refractivity contribution in [3.05, 3.63) is 29.3 Å². The van der Waals surface area contributed by atoms with Gasteiger partial charge in [0.1, 0.15) is 6.54 Å².